The van der Waals surface area contributed by atoms with Gasteiger partial charge in [0.15, 0.2) is 5.13 Å². The van der Waals surface area contributed by atoms with Crippen LogP contribution in [0.1, 0.15) is 45.9 Å². The van der Waals surface area contributed by atoms with E-state index >= 15 is 0 Å². The third-order valence-corrected chi connectivity index (χ3v) is 4.80. The topological polar surface area (TPSA) is 71.1 Å². The Hall–Kier alpha value is -2.21. The number of benzene rings is 1. The van der Waals surface area contributed by atoms with Crippen LogP contribution in [0.3, 0.4) is 0 Å². The molecule has 0 fully saturated rings. The van der Waals surface area contributed by atoms with Crippen molar-refractivity contribution >= 4 is 28.3 Å². The normalized spacial score (nSPS) is 16.2. The number of hydrogen-bond acceptors (Lipinski definition) is 4. The lowest BCUT2D eigenvalue weighted by Crippen LogP contribution is -2.26. The lowest BCUT2D eigenvalue weighted by molar-refractivity contribution is -0.114. The summed E-state index contributed by atoms with van der Waals surface area (Å²) in [6, 6.07) is 8.24. The number of nitrogens with zero attached hydrogens (tertiary/aromatic N) is 1. The highest BCUT2D eigenvalue weighted by atomic mass is 32.1. The lowest BCUT2D eigenvalue weighted by Gasteiger charge is -2.13. The number of aryl methyl sites for hydroxylation is 2. The number of anilines is 1. The molecule has 1 aliphatic rings. The van der Waals surface area contributed by atoms with Gasteiger partial charge in [0.05, 0.1) is 11.7 Å². The predicted molar refractivity (Wildman–Crippen MR) is 86.1 cm³/mol. The SMILES string of the molecule is CC(=O)Nc1nc(C)c(C(=O)NC2CCc3ccccc32)s1. The number of amides is 2. The van der Waals surface area contributed by atoms with Gasteiger partial charge in [-0.3, -0.25) is 9.59 Å². The Morgan fingerprint density at radius 2 is 2.09 bits per heavy atom. The molecule has 1 atom stereocenters. The molecule has 2 N–H and O–H groups in total. The van der Waals surface area contributed by atoms with Gasteiger partial charge in [0.25, 0.3) is 5.91 Å². The molecule has 1 heterocycles. The number of rotatable bonds is 3. The van der Waals surface area contributed by atoms with Crippen molar-refractivity contribution in [2.75, 3.05) is 5.32 Å². The summed E-state index contributed by atoms with van der Waals surface area (Å²) in [5, 5.41) is 6.16. The molecule has 0 saturated carbocycles. The van der Waals surface area contributed by atoms with Crippen LogP contribution in [-0.4, -0.2) is 16.8 Å². The van der Waals surface area contributed by atoms with Crippen molar-refractivity contribution in [2.24, 2.45) is 0 Å². The first-order chi connectivity index (χ1) is 10.5. The summed E-state index contributed by atoms with van der Waals surface area (Å²) in [6.45, 7) is 3.20. The standard InChI is InChI=1S/C16H17N3O2S/c1-9-14(22-16(17-9)18-10(2)20)15(21)19-13-8-7-11-5-3-4-6-12(11)13/h3-6,13H,7-8H2,1-2H3,(H,19,21)(H,17,18,20). The van der Waals surface area contributed by atoms with Crippen molar-refractivity contribution in [3.8, 4) is 0 Å². The molecule has 5 nitrogen and oxygen atoms in total. The number of carbonyl (C=O) groups excluding carboxylic acids is 2. The Labute approximate surface area is 132 Å². The summed E-state index contributed by atoms with van der Waals surface area (Å²) in [7, 11) is 0. The van der Waals surface area contributed by atoms with Crippen LogP contribution in [0.15, 0.2) is 24.3 Å². The summed E-state index contributed by atoms with van der Waals surface area (Å²) < 4.78 is 0. The molecule has 114 valence electrons. The average Bonchev–Trinajstić information content (AvgIpc) is 3.02. The zero-order valence-electron chi connectivity index (χ0n) is 12.5. The molecule has 1 aromatic carbocycles. The Bertz CT molecular complexity index is 739. The molecule has 0 bridgehead atoms. The van der Waals surface area contributed by atoms with Crippen LogP contribution >= 0.6 is 11.3 Å². The molecule has 6 heteroatoms. The number of hydrogen-bond donors (Lipinski definition) is 2. The van der Waals surface area contributed by atoms with E-state index < -0.39 is 0 Å². The zero-order chi connectivity index (χ0) is 15.7. The fraction of sp³-hybridized carbons (Fsp3) is 0.312. The number of fused-ring (bicyclic) bond motifs is 1. The van der Waals surface area contributed by atoms with Crippen molar-refractivity contribution in [3.63, 3.8) is 0 Å². The molecule has 1 aliphatic carbocycles. The summed E-state index contributed by atoms with van der Waals surface area (Å²) in [5.74, 6) is -0.321. The average molecular weight is 315 g/mol. The molecule has 0 aliphatic heterocycles. The minimum Gasteiger partial charge on any atom is -0.344 e. The summed E-state index contributed by atoms with van der Waals surface area (Å²) in [6.07, 6.45) is 1.90. The molecular weight excluding hydrogens is 298 g/mol. The maximum atomic E-state index is 12.5. The minimum atomic E-state index is -0.189. The lowest BCUT2D eigenvalue weighted by atomic mass is 10.1. The van der Waals surface area contributed by atoms with E-state index in [0.717, 1.165) is 12.8 Å². The highest BCUT2D eigenvalue weighted by Crippen LogP contribution is 2.31. The smallest absolute Gasteiger partial charge is 0.263 e. The molecule has 0 spiro atoms. The highest BCUT2D eigenvalue weighted by molar-refractivity contribution is 7.17. The fourth-order valence-corrected chi connectivity index (χ4v) is 3.66. The van der Waals surface area contributed by atoms with Crippen LogP contribution in [-0.2, 0) is 11.2 Å². The van der Waals surface area contributed by atoms with Gasteiger partial charge in [-0.2, -0.15) is 0 Å². The van der Waals surface area contributed by atoms with E-state index in [1.54, 1.807) is 6.92 Å². The largest absolute Gasteiger partial charge is 0.344 e. The molecule has 0 radical (unpaired) electrons. The predicted octanol–water partition coefficient (Wildman–Crippen LogP) is 2.83. The zero-order valence-corrected chi connectivity index (χ0v) is 13.3. The third-order valence-electron chi connectivity index (χ3n) is 3.72. The maximum absolute atomic E-state index is 12.5. The molecule has 1 aromatic heterocycles. The maximum Gasteiger partial charge on any atom is 0.263 e. The van der Waals surface area contributed by atoms with E-state index in [-0.39, 0.29) is 17.9 Å². The number of nitrogens with one attached hydrogen (secondary N) is 2. The fourth-order valence-electron chi connectivity index (χ4n) is 2.74. The van der Waals surface area contributed by atoms with Crippen LogP contribution < -0.4 is 10.6 Å². The second kappa shape index (κ2) is 5.88. The molecule has 2 aromatic rings. The van der Waals surface area contributed by atoms with Gasteiger partial charge in [-0.15, -0.1) is 0 Å². The van der Waals surface area contributed by atoms with Gasteiger partial charge in [-0.05, 0) is 30.9 Å². The van der Waals surface area contributed by atoms with E-state index in [2.05, 4.69) is 27.8 Å². The second-order valence-corrected chi connectivity index (χ2v) is 6.38. The van der Waals surface area contributed by atoms with Crippen molar-refractivity contribution < 1.29 is 9.59 Å². The van der Waals surface area contributed by atoms with Crippen LogP contribution in [0, 0.1) is 6.92 Å². The Balaban J connectivity index is 1.76. The van der Waals surface area contributed by atoms with Crippen LogP contribution in [0.2, 0.25) is 0 Å². The first kappa shape index (κ1) is 14.7. The number of thiazole rings is 1. The van der Waals surface area contributed by atoms with E-state index in [9.17, 15) is 9.59 Å². The number of carbonyl (C=O) groups is 2. The van der Waals surface area contributed by atoms with Crippen molar-refractivity contribution in [1.29, 1.82) is 0 Å². The molecule has 1 unspecified atom stereocenters. The van der Waals surface area contributed by atoms with Gasteiger partial charge in [0.1, 0.15) is 4.88 Å². The first-order valence-corrected chi connectivity index (χ1v) is 8.00. The quantitative estimate of drug-likeness (QED) is 0.915. The molecule has 2 amide bonds. The Morgan fingerprint density at radius 1 is 1.32 bits per heavy atom. The van der Waals surface area contributed by atoms with Crippen molar-refractivity contribution in [2.45, 2.75) is 32.7 Å². The van der Waals surface area contributed by atoms with Gasteiger partial charge >= 0.3 is 0 Å². The van der Waals surface area contributed by atoms with Gasteiger partial charge in [0, 0.05) is 6.92 Å². The Morgan fingerprint density at radius 3 is 2.86 bits per heavy atom. The van der Waals surface area contributed by atoms with E-state index in [0.29, 0.717) is 15.7 Å². The summed E-state index contributed by atoms with van der Waals surface area (Å²) in [4.78, 5) is 28.3. The van der Waals surface area contributed by atoms with Crippen molar-refractivity contribution in [1.82, 2.24) is 10.3 Å². The van der Waals surface area contributed by atoms with Gasteiger partial charge in [-0.1, -0.05) is 35.6 Å². The third kappa shape index (κ3) is 2.87. The van der Waals surface area contributed by atoms with Crippen LogP contribution in [0.25, 0.3) is 0 Å². The van der Waals surface area contributed by atoms with Crippen LogP contribution in [0.4, 0.5) is 5.13 Å². The first-order valence-electron chi connectivity index (χ1n) is 7.18. The van der Waals surface area contributed by atoms with Crippen LogP contribution in [0.5, 0.6) is 0 Å². The summed E-state index contributed by atoms with van der Waals surface area (Å²) in [5.41, 5.74) is 3.13. The molecule has 22 heavy (non-hydrogen) atoms. The molecule has 0 saturated heterocycles. The van der Waals surface area contributed by atoms with Gasteiger partial charge in [-0.25, -0.2) is 4.98 Å². The van der Waals surface area contributed by atoms with Gasteiger partial charge in [0.2, 0.25) is 5.91 Å². The highest BCUT2D eigenvalue weighted by Gasteiger charge is 2.25. The molecular formula is C16H17N3O2S. The van der Waals surface area contributed by atoms with Crippen molar-refractivity contribution in [3.05, 3.63) is 46.0 Å². The van der Waals surface area contributed by atoms with E-state index in [1.807, 2.05) is 12.1 Å². The second-order valence-electron chi connectivity index (χ2n) is 5.38. The Kier molecular flexibility index (Phi) is 3.94. The molecule has 3 rings (SSSR count). The summed E-state index contributed by atoms with van der Waals surface area (Å²) >= 11 is 1.21. The number of aromatic nitrogens is 1. The monoisotopic (exact) mass is 315 g/mol. The van der Waals surface area contributed by atoms with Gasteiger partial charge < -0.3 is 10.6 Å². The minimum absolute atomic E-state index is 0.0504. The van der Waals surface area contributed by atoms with E-state index in [4.69, 9.17) is 0 Å². The van der Waals surface area contributed by atoms with E-state index in [1.165, 1.54) is 29.4 Å².